The van der Waals surface area contributed by atoms with Crippen LogP contribution in [0, 0.1) is 5.82 Å². The molecule has 0 atom stereocenters. The Morgan fingerprint density at radius 3 is 2.48 bits per heavy atom. The summed E-state index contributed by atoms with van der Waals surface area (Å²) in [6.07, 6.45) is 1.62. The fraction of sp³-hybridized carbons (Fsp3) is 0. The summed E-state index contributed by atoms with van der Waals surface area (Å²) in [6.45, 7) is 0. The fourth-order valence-corrected chi connectivity index (χ4v) is 3.45. The van der Waals surface area contributed by atoms with Crippen LogP contribution < -0.4 is 11.1 Å². The molecule has 0 bridgehead atoms. The molecule has 3 N–H and O–H groups in total. The van der Waals surface area contributed by atoms with Gasteiger partial charge in [-0.25, -0.2) is 14.1 Å². The number of nitrogens with two attached hydrogens (primary N) is 1. The second-order valence-electron chi connectivity index (χ2n) is 6.03. The van der Waals surface area contributed by atoms with Gasteiger partial charge in [-0.1, -0.05) is 12.1 Å². The van der Waals surface area contributed by atoms with Crippen molar-refractivity contribution in [3.63, 3.8) is 0 Å². The van der Waals surface area contributed by atoms with Gasteiger partial charge in [-0.3, -0.25) is 9.59 Å². The summed E-state index contributed by atoms with van der Waals surface area (Å²) in [7, 11) is 0. The number of amides is 2. The van der Waals surface area contributed by atoms with Crippen LogP contribution in [0.1, 0.15) is 21.0 Å². The minimum absolute atomic E-state index is 0.163. The van der Waals surface area contributed by atoms with E-state index in [4.69, 9.17) is 5.73 Å². The molecule has 2 amide bonds. The third kappa shape index (κ3) is 3.90. The van der Waals surface area contributed by atoms with E-state index in [1.54, 1.807) is 54.0 Å². The first-order valence-corrected chi connectivity index (χ1v) is 9.37. The van der Waals surface area contributed by atoms with Crippen molar-refractivity contribution >= 4 is 28.8 Å². The summed E-state index contributed by atoms with van der Waals surface area (Å²) in [4.78, 5) is 27.8. The second kappa shape index (κ2) is 7.64. The molecule has 144 valence electrons. The number of hydrogen-bond donors (Lipinski definition) is 2. The van der Waals surface area contributed by atoms with Crippen LogP contribution in [-0.2, 0) is 0 Å². The van der Waals surface area contributed by atoms with Crippen molar-refractivity contribution in [2.75, 3.05) is 5.32 Å². The highest BCUT2D eigenvalue weighted by atomic mass is 32.1. The minimum Gasteiger partial charge on any atom is -0.364 e. The number of nitrogens with one attached hydrogen (secondary N) is 1. The summed E-state index contributed by atoms with van der Waals surface area (Å²) in [5, 5.41) is 8.84. The standard InChI is InChI=1S/C20H14FN5O2S/c21-15-4-2-1-3-14(15)20-24-17(11-29-20)19(28)23-12-5-7-13(8-6-12)26-10-9-16(25-26)18(22)27/h1-11H,(H2,22,27)(H,23,28). The molecule has 0 radical (unpaired) electrons. The Balaban J connectivity index is 1.47. The van der Waals surface area contributed by atoms with Crippen LogP contribution in [0.3, 0.4) is 0 Å². The number of halogens is 1. The van der Waals surface area contributed by atoms with Gasteiger partial charge in [-0.15, -0.1) is 11.3 Å². The van der Waals surface area contributed by atoms with Crippen LogP contribution in [0.25, 0.3) is 16.3 Å². The van der Waals surface area contributed by atoms with Crippen LogP contribution in [0.5, 0.6) is 0 Å². The average molecular weight is 407 g/mol. The van der Waals surface area contributed by atoms with Crippen molar-refractivity contribution in [2.45, 2.75) is 0 Å². The lowest BCUT2D eigenvalue weighted by molar-refractivity contribution is 0.0992. The molecule has 0 aliphatic rings. The number of nitrogens with zero attached hydrogens (tertiary/aromatic N) is 3. The number of primary amides is 1. The predicted octanol–water partition coefficient (Wildman–Crippen LogP) is 3.49. The highest BCUT2D eigenvalue weighted by Gasteiger charge is 2.14. The first-order chi connectivity index (χ1) is 14.0. The van der Waals surface area contributed by atoms with Gasteiger partial charge in [0, 0.05) is 22.8 Å². The monoisotopic (exact) mass is 407 g/mol. The lowest BCUT2D eigenvalue weighted by Crippen LogP contribution is -2.13. The molecule has 9 heteroatoms. The van der Waals surface area contributed by atoms with Gasteiger partial charge < -0.3 is 11.1 Å². The Morgan fingerprint density at radius 2 is 1.79 bits per heavy atom. The summed E-state index contributed by atoms with van der Waals surface area (Å²) < 4.78 is 15.4. The highest BCUT2D eigenvalue weighted by Crippen LogP contribution is 2.26. The van der Waals surface area contributed by atoms with E-state index in [0.29, 0.717) is 21.9 Å². The fourth-order valence-electron chi connectivity index (χ4n) is 2.63. The van der Waals surface area contributed by atoms with Crippen LogP contribution in [-0.4, -0.2) is 26.6 Å². The molecule has 4 aromatic rings. The summed E-state index contributed by atoms with van der Waals surface area (Å²) in [5.74, 6) is -1.39. The van der Waals surface area contributed by atoms with Crippen LogP contribution in [0.4, 0.5) is 10.1 Å². The molecule has 0 fully saturated rings. The Bertz CT molecular complexity index is 1200. The maximum Gasteiger partial charge on any atom is 0.275 e. The van der Waals surface area contributed by atoms with Gasteiger partial charge in [0.05, 0.1) is 5.69 Å². The van der Waals surface area contributed by atoms with E-state index in [-0.39, 0.29) is 17.2 Å². The third-order valence-electron chi connectivity index (χ3n) is 4.07. The molecule has 0 unspecified atom stereocenters. The zero-order valence-electron chi connectivity index (χ0n) is 14.9. The van der Waals surface area contributed by atoms with Crippen molar-refractivity contribution in [1.29, 1.82) is 0 Å². The van der Waals surface area contributed by atoms with E-state index in [0.717, 1.165) is 0 Å². The van der Waals surface area contributed by atoms with Crippen LogP contribution in [0.15, 0.2) is 66.2 Å². The number of hydrogen-bond acceptors (Lipinski definition) is 5. The number of benzene rings is 2. The SMILES string of the molecule is NC(=O)c1ccn(-c2ccc(NC(=O)c3csc(-c4ccccc4F)n3)cc2)n1. The van der Waals surface area contributed by atoms with E-state index >= 15 is 0 Å². The molecule has 29 heavy (non-hydrogen) atoms. The van der Waals surface area contributed by atoms with Gasteiger partial charge in [-0.2, -0.15) is 5.10 Å². The quantitative estimate of drug-likeness (QED) is 0.529. The average Bonchev–Trinajstić information content (AvgIpc) is 3.39. The zero-order valence-corrected chi connectivity index (χ0v) is 15.7. The first-order valence-electron chi connectivity index (χ1n) is 8.49. The summed E-state index contributed by atoms with van der Waals surface area (Å²) >= 11 is 1.20. The lowest BCUT2D eigenvalue weighted by Gasteiger charge is -2.05. The van der Waals surface area contributed by atoms with Crippen LogP contribution in [0.2, 0.25) is 0 Å². The van der Waals surface area contributed by atoms with Gasteiger partial charge in [0.2, 0.25) is 0 Å². The van der Waals surface area contributed by atoms with Gasteiger partial charge in [-0.05, 0) is 42.5 Å². The Hall–Kier alpha value is -3.85. The van der Waals surface area contributed by atoms with Gasteiger partial charge >= 0.3 is 0 Å². The van der Waals surface area contributed by atoms with Crippen molar-refractivity contribution in [3.05, 3.63) is 83.4 Å². The topological polar surface area (TPSA) is 103 Å². The smallest absolute Gasteiger partial charge is 0.275 e. The molecule has 0 spiro atoms. The number of rotatable bonds is 5. The summed E-state index contributed by atoms with van der Waals surface area (Å²) in [5.41, 5.74) is 7.18. The number of carbonyl (C=O) groups excluding carboxylic acids is 2. The molecular weight excluding hydrogens is 393 g/mol. The molecule has 0 saturated carbocycles. The molecule has 2 aromatic heterocycles. The van der Waals surface area contributed by atoms with Crippen molar-refractivity contribution in [2.24, 2.45) is 5.73 Å². The maximum absolute atomic E-state index is 13.9. The van der Waals surface area contributed by atoms with Crippen molar-refractivity contribution < 1.29 is 14.0 Å². The Kier molecular flexibility index (Phi) is 4.88. The number of anilines is 1. The molecule has 0 saturated heterocycles. The first kappa shape index (κ1) is 18.5. The van der Waals surface area contributed by atoms with Gasteiger partial charge in [0.1, 0.15) is 22.2 Å². The molecule has 4 rings (SSSR count). The zero-order chi connectivity index (χ0) is 20.4. The predicted molar refractivity (Wildman–Crippen MR) is 108 cm³/mol. The van der Waals surface area contributed by atoms with Gasteiger partial charge in [0.15, 0.2) is 0 Å². The van der Waals surface area contributed by atoms with E-state index in [9.17, 15) is 14.0 Å². The number of carbonyl (C=O) groups is 2. The van der Waals surface area contributed by atoms with E-state index in [1.807, 2.05) is 0 Å². The molecule has 7 nitrogen and oxygen atoms in total. The van der Waals surface area contributed by atoms with E-state index < -0.39 is 11.8 Å². The normalized spacial score (nSPS) is 10.7. The highest BCUT2D eigenvalue weighted by molar-refractivity contribution is 7.13. The van der Waals surface area contributed by atoms with E-state index in [2.05, 4.69) is 15.4 Å². The molecule has 0 aliphatic heterocycles. The minimum atomic E-state index is -0.606. The number of thiazole rings is 1. The molecule has 2 heterocycles. The second-order valence-corrected chi connectivity index (χ2v) is 6.89. The molecular formula is C20H14FN5O2S. The van der Waals surface area contributed by atoms with E-state index in [1.165, 1.54) is 28.2 Å². The molecule has 2 aromatic carbocycles. The Labute approximate surface area is 168 Å². The van der Waals surface area contributed by atoms with Crippen molar-refractivity contribution in [1.82, 2.24) is 14.8 Å². The third-order valence-corrected chi connectivity index (χ3v) is 4.95. The molecule has 0 aliphatic carbocycles. The summed E-state index contributed by atoms with van der Waals surface area (Å²) in [6, 6.07) is 14.7. The number of aromatic nitrogens is 3. The van der Waals surface area contributed by atoms with Crippen molar-refractivity contribution in [3.8, 4) is 16.3 Å². The largest absolute Gasteiger partial charge is 0.364 e. The maximum atomic E-state index is 13.9. The van der Waals surface area contributed by atoms with Gasteiger partial charge in [0.25, 0.3) is 11.8 Å². The Morgan fingerprint density at radius 1 is 1.03 bits per heavy atom. The lowest BCUT2D eigenvalue weighted by atomic mass is 10.2. The van der Waals surface area contributed by atoms with Crippen LogP contribution >= 0.6 is 11.3 Å².